The zero-order valence-electron chi connectivity index (χ0n) is 20.9. The van der Waals surface area contributed by atoms with Crippen molar-refractivity contribution >= 4 is 40.6 Å². The first-order valence-electron chi connectivity index (χ1n) is 11.8. The van der Waals surface area contributed by atoms with E-state index in [0.717, 1.165) is 30.3 Å². The molecular weight excluding hydrogens is 502 g/mol. The van der Waals surface area contributed by atoms with Crippen LogP contribution in [0.1, 0.15) is 32.3 Å². The normalized spacial score (nSPS) is 15.9. The number of aliphatic hydroxyl groups is 2. The number of rotatable bonds is 14. The molecule has 3 amide bonds. The smallest absolute Gasteiger partial charge is 0.328 e. The van der Waals surface area contributed by atoms with Crippen LogP contribution >= 0.6 is 0 Å². The van der Waals surface area contributed by atoms with Gasteiger partial charge in [-0.3, -0.25) is 19.2 Å². The van der Waals surface area contributed by atoms with Gasteiger partial charge >= 0.3 is 11.9 Å². The van der Waals surface area contributed by atoms with Crippen molar-refractivity contribution in [1.82, 2.24) is 20.9 Å². The molecular formula is C24H33N5O9. The first kappa shape index (κ1) is 30.2. The van der Waals surface area contributed by atoms with Gasteiger partial charge in [-0.2, -0.15) is 0 Å². The van der Waals surface area contributed by atoms with Gasteiger partial charge in [0.15, 0.2) is 6.04 Å². The number of aromatic amines is 1. The number of benzene rings is 1. The number of hydrogen-bond donors (Lipinski definition) is 9. The highest BCUT2D eigenvalue weighted by atomic mass is 16.4. The van der Waals surface area contributed by atoms with Gasteiger partial charge in [0, 0.05) is 23.5 Å². The average Bonchev–Trinajstić information content (AvgIpc) is 3.24. The topological polar surface area (TPSA) is 244 Å². The molecule has 0 unspecified atom stereocenters. The molecule has 0 fully saturated rings. The third kappa shape index (κ3) is 8.26. The molecule has 0 bridgehead atoms. The van der Waals surface area contributed by atoms with Gasteiger partial charge in [0.25, 0.3) is 0 Å². The lowest BCUT2D eigenvalue weighted by atomic mass is 10.0. The molecule has 0 aliphatic rings. The standard InChI is InChI=1S/C24H33N5O9/c1-11(30)19(23(36)29-20(12(2)31)24(37)38)28-22(35)17(7-8-18(32)33)27-21(34)15(25)9-13-10-26-16-6-4-3-5-14(13)16/h3-6,10-12,15,17,19-20,26,30-31H,7-9,25H2,1-2H3,(H,27,34)(H,28,35)(H,29,36)(H,32,33)(H,37,38)/t11-,12-,15+,17+,19+,20+/m1/s1. The van der Waals surface area contributed by atoms with Crippen molar-refractivity contribution in [2.45, 2.75) is 69.5 Å². The van der Waals surface area contributed by atoms with Crippen molar-refractivity contribution in [2.75, 3.05) is 0 Å². The predicted molar refractivity (Wildman–Crippen MR) is 134 cm³/mol. The maximum Gasteiger partial charge on any atom is 0.328 e. The summed E-state index contributed by atoms with van der Waals surface area (Å²) >= 11 is 0. The minimum absolute atomic E-state index is 0.109. The Hall–Kier alpha value is -4.01. The summed E-state index contributed by atoms with van der Waals surface area (Å²) in [4.78, 5) is 63.8. The van der Waals surface area contributed by atoms with E-state index >= 15 is 0 Å². The molecule has 1 aromatic heterocycles. The lowest BCUT2D eigenvalue weighted by molar-refractivity contribution is -0.146. The van der Waals surface area contributed by atoms with Crippen molar-refractivity contribution in [2.24, 2.45) is 5.73 Å². The van der Waals surface area contributed by atoms with Gasteiger partial charge in [-0.1, -0.05) is 18.2 Å². The van der Waals surface area contributed by atoms with Crippen LogP contribution in [0.25, 0.3) is 10.9 Å². The molecule has 10 N–H and O–H groups in total. The Morgan fingerprint density at radius 3 is 2.08 bits per heavy atom. The van der Waals surface area contributed by atoms with E-state index in [9.17, 15) is 34.2 Å². The Balaban J connectivity index is 2.14. The Morgan fingerprint density at radius 1 is 0.895 bits per heavy atom. The van der Waals surface area contributed by atoms with Crippen molar-refractivity contribution in [3.05, 3.63) is 36.0 Å². The molecule has 14 nitrogen and oxygen atoms in total. The summed E-state index contributed by atoms with van der Waals surface area (Å²) in [5.41, 5.74) is 7.66. The van der Waals surface area contributed by atoms with Crippen molar-refractivity contribution in [1.29, 1.82) is 0 Å². The molecule has 2 aromatic rings. The molecule has 0 saturated heterocycles. The second-order valence-corrected chi connectivity index (χ2v) is 8.96. The number of aliphatic hydroxyl groups excluding tert-OH is 2. The third-order valence-electron chi connectivity index (χ3n) is 5.84. The van der Waals surface area contributed by atoms with Crippen molar-refractivity contribution in [3.63, 3.8) is 0 Å². The number of aliphatic carboxylic acids is 2. The first-order valence-corrected chi connectivity index (χ1v) is 11.8. The fourth-order valence-electron chi connectivity index (χ4n) is 3.74. The Morgan fingerprint density at radius 2 is 1.50 bits per heavy atom. The zero-order chi connectivity index (χ0) is 28.6. The van der Waals surface area contributed by atoms with E-state index in [0.29, 0.717) is 0 Å². The number of aromatic nitrogens is 1. The molecule has 0 aliphatic carbocycles. The summed E-state index contributed by atoms with van der Waals surface area (Å²) in [5, 5.41) is 45.3. The van der Waals surface area contributed by atoms with E-state index in [1.165, 1.54) is 0 Å². The number of carboxylic acid groups (broad SMARTS) is 2. The number of fused-ring (bicyclic) bond motifs is 1. The second-order valence-electron chi connectivity index (χ2n) is 8.96. The number of nitrogens with two attached hydrogens (primary N) is 1. The zero-order valence-corrected chi connectivity index (χ0v) is 20.9. The van der Waals surface area contributed by atoms with Gasteiger partial charge in [0.1, 0.15) is 12.1 Å². The van der Waals surface area contributed by atoms with E-state index in [1.54, 1.807) is 6.20 Å². The van der Waals surface area contributed by atoms with E-state index in [-0.39, 0.29) is 12.8 Å². The quantitative estimate of drug-likeness (QED) is 0.131. The van der Waals surface area contributed by atoms with Gasteiger partial charge in [-0.05, 0) is 38.3 Å². The van der Waals surface area contributed by atoms with Crippen LogP contribution in [-0.2, 0) is 30.4 Å². The summed E-state index contributed by atoms with van der Waals surface area (Å²) in [6, 6.07) is 1.44. The van der Waals surface area contributed by atoms with Gasteiger partial charge in [-0.15, -0.1) is 0 Å². The summed E-state index contributed by atoms with van der Waals surface area (Å²) in [6.45, 7) is 2.29. The van der Waals surface area contributed by atoms with Crippen LogP contribution in [0.3, 0.4) is 0 Å². The highest BCUT2D eigenvalue weighted by molar-refractivity contribution is 5.95. The number of carbonyl (C=O) groups excluding carboxylic acids is 3. The van der Waals surface area contributed by atoms with Gasteiger partial charge < -0.3 is 47.1 Å². The number of nitrogens with one attached hydrogen (secondary N) is 4. The van der Waals surface area contributed by atoms with E-state index in [2.05, 4.69) is 15.6 Å². The largest absolute Gasteiger partial charge is 0.481 e. The van der Waals surface area contributed by atoms with Gasteiger partial charge in [0.2, 0.25) is 17.7 Å². The lowest BCUT2D eigenvalue weighted by Gasteiger charge is -2.27. The van der Waals surface area contributed by atoms with Crippen molar-refractivity contribution in [3.8, 4) is 0 Å². The first-order chi connectivity index (χ1) is 17.8. The number of amides is 3. The number of hydrogen-bond acceptors (Lipinski definition) is 8. The van der Waals surface area contributed by atoms with E-state index in [1.807, 2.05) is 29.6 Å². The maximum atomic E-state index is 13.0. The molecule has 0 radical (unpaired) electrons. The van der Waals surface area contributed by atoms with Crippen LogP contribution in [0.2, 0.25) is 0 Å². The van der Waals surface area contributed by atoms with Crippen LogP contribution in [0, 0.1) is 0 Å². The van der Waals surface area contributed by atoms with Crippen molar-refractivity contribution < 1.29 is 44.4 Å². The van der Waals surface area contributed by atoms with Gasteiger partial charge in [0.05, 0.1) is 18.2 Å². The van der Waals surface area contributed by atoms with Gasteiger partial charge in [-0.25, -0.2) is 4.79 Å². The fourth-order valence-corrected chi connectivity index (χ4v) is 3.74. The molecule has 38 heavy (non-hydrogen) atoms. The van der Waals surface area contributed by atoms with Crippen LogP contribution < -0.4 is 21.7 Å². The van der Waals surface area contributed by atoms with Crippen LogP contribution in [0.15, 0.2) is 30.5 Å². The highest BCUT2D eigenvalue weighted by Crippen LogP contribution is 2.18. The monoisotopic (exact) mass is 535 g/mol. The Kier molecular flexibility index (Phi) is 10.7. The molecule has 2 rings (SSSR count). The summed E-state index contributed by atoms with van der Waals surface area (Å²) in [7, 11) is 0. The number of para-hydroxylation sites is 1. The molecule has 208 valence electrons. The number of H-pyrrole nitrogens is 1. The summed E-state index contributed by atoms with van der Waals surface area (Å²) in [6.07, 6.45) is -2.05. The molecule has 1 heterocycles. The van der Waals surface area contributed by atoms with Crippen LogP contribution in [0.5, 0.6) is 0 Å². The molecule has 0 aliphatic heterocycles. The number of carboxylic acids is 2. The molecule has 0 saturated carbocycles. The SMILES string of the molecule is C[C@@H](O)[C@H](NC(=O)[C@@H](NC(=O)[C@H](CCC(=O)O)NC(=O)[C@@H](N)Cc1c[nH]c2ccccc12)[C@@H](C)O)C(=O)O. The molecule has 0 spiro atoms. The van der Waals surface area contributed by atoms with E-state index < -0.39 is 72.5 Å². The third-order valence-corrected chi connectivity index (χ3v) is 5.84. The maximum absolute atomic E-state index is 13.0. The van der Waals surface area contributed by atoms with E-state index in [4.69, 9.17) is 15.9 Å². The minimum atomic E-state index is -1.72. The lowest BCUT2D eigenvalue weighted by Crippen LogP contribution is -2.61. The average molecular weight is 536 g/mol. The Bertz CT molecular complexity index is 1160. The second kappa shape index (κ2) is 13.5. The minimum Gasteiger partial charge on any atom is -0.481 e. The predicted octanol–water partition coefficient (Wildman–Crippen LogP) is -1.80. The summed E-state index contributed by atoms with van der Waals surface area (Å²) < 4.78 is 0. The Labute approximate surface area is 217 Å². The fraction of sp³-hybridized carbons (Fsp3) is 0.458. The number of carbonyl (C=O) groups is 5. The molecule has 1 aromatic carbocycles. The van der Waals surface area contributed by atoms with Crippen LogP contribution in [-0.4, -0.2) is 91.4 Å². The highest BCUT2D eigenvalue weighted by Gasteiger charge is 2.34. The summed E-state index contributed by atoms with van der Waals surface area (Å²) in [5.74, 6) is -5.64. The molecule has 14 heteroatoms. The van der Waals surface area contributed by atoms with Crippen LogP contribution in [0.4, 0.5) is 0 Å². The molecule has 6 atom stereocenters.